The zero-order chi connectivity index (χ0) is 21.8. The van der Waals surface area contributed by atoms with E-state index in [1.54, 1.807) is 10.9 Å². The van der Waals surface area contributed by atoms with Crippen LogP contribution in [0.15, 0.2) is 58.6 Å². The smallest absolute Gasteiger partial charge is 0.326 e. The molecule has 160 valence electrons. The molecule has 0 bridgehead atoms. The first kappa shape index (κ1) is 20.7. The number of aliphatic hydroxyl groups excluding tert-OH is 1. The maximum Gasteiger partial charge on any atom is 0.326 e. The molecule has 8 heteroatoms. The number of nitrogens with zero attached hydrogens (tertiary/aromatic N) is 4. The minimum atomic E-state index is -0.166. The molecule has 0 spiro atoms. The number of amidine groups is 1. The van der Waals surface area contributed by atoms with E-state index < -0.39 is 0 Å². The minimum absolute atomic E-state index is 0.166. The molecule has 0 saturated carbocycles. The number of nitrogens with two attached hydrogens (primary N) is 1. The fourth-order valence-electron chi connectivity index (χ4n) is 3.82. The Morgan fingerprint density at radius 3 is 2.68 bits per heavy atom. The molecule has 4 N–H and O–H groups in total. The highest BCUT2D eigenvalue weighted by atomic mass is 16.3. The highest BCUT2D eigenvalue weighted by molar-refractivity contribution is 6.62. The summed E-state index contributed by atoms with van der Waals surface area (Å²) in [6.45, 7) is 3.46. The van der Waals surface area contributed by atoms with Crippen molar-refractivity contribution in [2.24, 2.45) is 21.7 Å². The molecule has 2 aromatic rings. The summed E-state index contributed by atoms with van der Waals surface area (Å²) in [4.78, 5) is 18.8. The molecule has 2 aliphatic heterocycles. The molecule has 1 amide bonds. The SMILES string of the molecule is CC(=O)Nc1cc(N2CCC(CO)CC2)ccc1N=C1C=N[N+](c2ccccc2)=C1N. The van der Waals surface area contributed by atoms with Crippen LogP contribution in [-0.2, 0) is 4.79 Å². The predicted octanol–water partition coefficient (Wildman–Crippen LogP) is 2.63. The zero-order valence-corrected chi connectivity index (χ0v) is 17.5. The van der Waals surface area contributed by atoms with Crippen LogP contribution in [0.3, 0.4) is 0 Å². The highest BCUT2D eigenvalue weighted by Gasteiger charge is 2.24. The first-order chi connectivity index (χ1) is 15.0. The van der Waals surface area contributed by atoms with Crippen molar-refractivity contribution in [3.63, 3.8) is 0 Å². The van der Waals surface area contributed by atoms with Gasteiger partial charge in [-0.2, -0.15) is 0 Å². The maximum atomic E-state index is 11.8. The number of nitrogens with one attached hydrogen (secondary N) is 1. The zero-order valence-electron chi connectivity index (χ0n) is 17.5. The fourth-order valence-corrected chi connectivity index (χ4v) is 3.82. The van der Waals surface area contributed by atoms with Crippen LogP contribution >= 0.6 is 0 Å². The molecule has 4 rings (SSSR count). The molecule has 0 atom stereocenters. The number of anilines is 2. The van der Waals surface area contributed by atoms with Gasteiger partial charge in [0.1, 0.15) is 6.21 Å². The van der Waals surface area contributed by atoms with Crippen molar-refractivity contribution in [1.29, 1.82) is 0 Å². The van der Waals surface area contributed by atoms with Gasteiger partial charge in [0, 0.05) is 32.3 Å². The number of carbonyl (C=O) groups excluding carboxylic acids is 1. The average molecular weight is 420 g/mol. The number of carbonyl (C=O) groups is 1. The van der Waals surface area contributed by atoms with E-state index in [1.165, 1.54) is 6.92 Å². The summed E-state index contributed by atoms with van der Waals surface area (Å²) in [6.07, 6.45) is 3.52. The van der Waals surface area contributed by atoms with E-state index in [1.807, 2.05) is 48.5 Å². The van der Waals surface area contributed by atoms with Gasteiger partial charge in [0.2, 0.25) is 5.91 Å². The Kier molecular flexibility index (Phi) is 6.08. The summed E-state index contributed by atoms with van der Waals surface area (Å²) in [5.74, 6) is 0.625. The Labute approximate surface area is 181 Å². The largest absolute Gasteiger partial charge is 0.396 e. The van der Waals surface area contributed by atoms with E-state index in [0.29, 0.717) is 28.8 Å². The molecule has 2 heterocycles. The second-order valence-corrected chi connectivity index (χ2v) is 7.77. The summed E-state index contributed by atoms with van der Waals surface area (Å²) in [5.41, 5.74) is 9.95. The third-order valence-corrected chi connectivity index (χ3v) is 5.56. The first-order valence-electron chi connectivity index (χ1n) is 10.4. The lowest BCUT2D eigenvalue weighted by molar-refractivity contribution is -0.441. The Bertz CT molecular complexity index is 1050. The van der Waals surface area contributed by atoms with Gasteiger partial charge in [-0.25, -0.2) is 4.99 Å². The lowest BCUT2D eigenvalue weighted by Crippen LogP contribution is -2.34. The average Bonchev–Trinajstić information content (AvgIpc) is 3.15. The quantitative estimate of drug-likeness (QED) is 0.648. The molecule has 31 heavy (non-hydrogen) atoms. The summed E-state index contributed by atoms with van der Waals surface area (Å²) in [7, 11) is 0. The molecule has 0 aromatic heterocycles. The van der Waals surface area contributed by atoms with E-state index in [4.69, 9.17) is 5.73 Å². The topological polar surface area (TPSA) is 106 Å². The van der Waals surface area contributed by atoms with Crippen LogP contribution in [0, 0.1) is 5.92 Å². The van der Waals surface area contributed by atoms with Crippen LogP contribution in [-0.4, -0.2) is 53.2 Å². The van der Waals surface area contributed by atoms with Crippen molar-refractivity contribution in [3.05, 3.63) is 48.5 Å². The molecular formula is C23H27N6O2+. The van der Waals surface area contributed by atoms with Crippen LogP contribution in [0.1, 0.15) is 19.8 Å². The van der Waals surface area contributed by atoms with Gasteiger partial charge in [0.25, 0.3) is 0 Å². The van der Waals surface area contributed by atoms with Gasteiger partial charge in [-0.3, -0.25) is 10.5 Å². The molecule has 0 radical (unpaired) electrons. The van der Waals surface area contributed by atoms with E-state index in [-0.39, 0.29) is 12.5 Å². The summed E-state index contributed by atoms with van der Waals surface area (Å²) >= 11 is 0. The predicted molar refractivity (Wildman–Crippen MR) is 124 cm³/mol. The van der Waals surface area contributed by atoms with Crippen molar-refractivity contribution >= 4 is 46.4 Å². The van der Waals surface area contributed by atoms with Gasteiger partial charge >= 0.3 is 5.84 Å². The number of hydrazone groups is 1. The standard InChI is InChI=1S/C23H26N6O2/c1-16(31)26-21-13-19(28-11-9-17(15-30)10-12-28)7-8-20(21)27-22-14-25-29(23(22)24)18-5-3-2-4-6-18/h2-8,13-14,17,30H,9-12,15H2,1H3,(H2,24,25,26,31)/p+1. The number of benzene rings is 2. The fraction of sp³-hybridized carbons (Fsp3) is 0.304. The van der Waals surface area contributed by atoms with Crippen molar-refractivity contribution in [1.82, 2.24) is 0 Å². The van der Waals surface area contributed by atoms with Gasteiger partial charge in [0.05, 0.1) is 11.4 Å². The van der Waals surface area contributed by atoms with Crippen molar-refractivity contribution in [3.8, 4) is 0 Å². The Balaban J connectivity index is 1.63. The van der Waals surface area contributed by atoms with E-state index in [2.05, 4.69) is 20.3 Å². The monoisotopic (exact) mass is 419 g/mol. The lowest BCUT2D eigenvalue weighted by Gasteiger charge is -2.33. The van der Waals surface area contributed by atoms with E-state index >= 15 is 0 Å². The van der Waals surface area contributed by atoms with Crippen LogP contribution in [0.2, 0.25) is 0 Å². The third kappa shape index (κ3) is 4.64. The number of para-hydroxylation sites is 1. The third-order valence-electron chi connectivity index (χ3n) is 5.56. The van der Waals surface area contributed by atoms with E-state index in [0.717, 1.165) is 37.3 Å². The first-order valence-corrected chi connectivity index (χ1v) is 10.4. The van der Waals surface area contributed by atoms with Crippen molar-refractivity contribution < 1.29 is 14.6 Å². The number of aliphatic hydroxyl groups is 1. The summed E-state index contributed by atoms with van der Waals surface area (Å²) in [5, 5.41) is 16.6. The summed E-state index contributed by atoms with van der Waals surface area (Å²) < 4.78 is 1.64. The maximum absolute atomic E-state index is 11.8. The van der Waals surface area contributed by atoms with Crippen LogP contribution in [0.4, 0.5) is 22.7 Å². The Morgan fingerprint density at radius 1 is 1.26 bits per heavy atom. The Morgan fingerprint density at radius 2 is 2.00 bits per heavy atom. The minimum Gasteiger partial charge on any atom is -0.396 e. The number of piperidine rings is 1. The van der Waals surface area contributed by atoms with Gasteiger partial charge in [-0.15, -0.1) is 0 Å². The van der Waals surface area contributed by atoms with Gasteiger partial charge in [0.15, 0.2) is 11.4 Å². The van der Waals surface area contributed by atoms with Crippen molar-refractivity contribution in [2.75, 3.05) is 29.9 Å². The molecule has 2 aromatic carbocycles. The van der Waals surface area contributed by atoms with Gasteiger partial charge in [-0.1, -0.05) is 28.0 Å². The molecule has 8 nitrogen and oxygen atoms in total. The number of amides is 1. The molecule has 0 aliphatic carbocycles. The molecule has 1 fully saturated rings. The van der Waals surface area contributed by atoms with Crippen molar-refractivity contribution in [2.45, 2.75) is 19.8 Å². The number of hydrogen-bond donors (Lipinski definition) is 3. The molecule has 0 unspecified atom stereocenters. The second-order valence-electron chi connectivity index (χ2n) is 7.77. The number of aliphatic imine (C=N–C) groups is 1. The molecule has 1 saturated heterocycles. The number of rotatable bonds is 5. The molecule has 2 aliphatic rings. The lowest BCUT2D eigenvalue weighted by atomic mass is 9.97. The van der Waals surface area contributed by atoms with Crippen LogP contribution in [0.5, 0.6) is 0 Å². The number of hydrogen-bond acceptors (Lipinski definition) is 6. The highest BCUT2D eigenvalue weighted by Crippen LogP contribution is 2.32. The van der Waals surface area contributed by atoms with Crippen LogP contribution in [0.25, 0.3) is 0 Å². The van der Waals surface area contributed by atoms with Gasteiger partial charge < -0.3 is 15.3 Å². The Hall–Kier alpha value is -3.52. The summed E-state index contributed by atoms with van der Waals surface area (Å²) in [6, 6.07) is 15.4. The van der Waals surface area contributed by atoms with Gasteiger partial charge in [-0.05, 0) is 49.1 Å². The van der Waals surface area contributed by atoms with E-state index in [9.17, 15) is 9.90 Å². The molecular weight excluding hydrogens is 392 g/mol. The normalized spacial score (nSPS) is 18.1. The second kappa shape index (κ2) is 9.09. The van der Waals surface area contributed by atoms with Crippen LogP contribution < -0.4 is 16.0 Å².